The summed E-state index contributed by atoms with van der Waals surface area (Å²) in [4.78, 5) is 0. The highest BCUT2D eigenvalue weighted by Crippen LogP contribution is 2.42. The van der Waals surface area contributed by atoms with E-state index in [1.807, 2.05) is 0 Å². The van der Waals surface area contributed by atoms with Gasteiger partial charge in [-0.3, -0.25) is 0 Å². The average Bonchev–Trinajstić information content (AvgIpc) is 3.51. The summed E-state index contributed by atoms with van der Waals surface area (Å²) < 4.78 is 2.16. The van der Waals surface area contributed by atoms with Crippen LogP contribution in [-0.2, 0) is 0 Å². The molecule has 1 heterocycles. The van der Waals surface area contributed by atoms with E-state index in [1.54, 1.807) is 0 Å². The zero-order valence-electron chi connectivity index (χ0n) is 24.1. The van der Waals surface area contributed by atoms with Crippen LogP contribution in [0.15, 0.2) is 176 Å². The highest BCUT2D eigenvalue weighted by molar-refractivity contribution is 7.79. The molecule has 208 valence electrons. The Balaban J connectivity index is 1.49. The Bertz CT molecular complexity index is 2150. The summed E-state index contributed by atoms with van der Waals surface area (Å²) in [6.45, 7) is 0. The Hall–Kier alpha value is -5.30. The number of para-hydroxylation sites is 1. The van der Waals surface area contributed by atoms with E-state index in [0.717, 1.165) is 22.5 Å². The SMILES string of the molecule is c1ccc(-c2cc3ccc(P(c4ccccc4)c4ccccc4)cc3c3c2c(-c2ccccc2)nn3-c2ccccc2)cc1. The van der Waals surface area contributed by atoms with E-state index in [4.69, 9.17) is 5.10 Å². The van der Waals surface area contributed by atoms with Crippen LogP contribution >= 0.6 is 7.92 Å². The van der Waals surface area contributed by atoms with Gasteiger partial charge in [0.2, 0.25) is 0 Å². The van der Waals surface area contributed by atoms with Crippen molar-refractivity contribution >= 4 is 45.5 Å². The molecule has 0 saturated heterocycles. The summed E-state index contributed by atoms with van der Waals surface area (Å²) in [7, 11) is -0.757. The summed E-state index contributed by atoms with van der Waals surface area (Å²) in [5, 5.41) is 13.0. The van der Waals surface area contributed by atoms with Crippen molar-refractivity contribution in [2.75, 3.05) is 0 Å². The van der Waals surface area contributed by atoms with Crippen molar-refractivity contribution in [3.8, 4) is 28.1 Å². The lowest BCUT2D eigenvalue weighted by Crippen LogP contribution is -2.20. The molecule has 7 aromatic carbocycles. The number of nitrogens with zero attached hydrogens (tertiary/aromatic N) is 2. The normalized spacial score (nSPS) is 11.4. The van der Waals surface area contributed by atoms with Gasteiger partial charge in [-0.25, -0.2) is 4.68 Å². The molecule has 0 aliphatic heterocycles. The fourth-order valence-corrected chi connectivity index (χ4v) is 8.48. The van der Waals surface area contributed by atoms with Crippen LogP contribution in [0.3, 0.4) is 0 Å². The van der Waals surface area contributed by atoms with Crippen LogP contribution in [0.4, 0.5) is 0 Å². The van der Waals surface area contributed by atoms with Gasteiger partial charge in [0, 0.05) is 16.3 Å². The van der Waals surface area contributed by atoms with Crippen LogP contribution in [0.5, 0.6) is 0 Å². The van der Waals surface area contributed by atoms with E-state index in [-0.39, 0.29) is 0 Å². The van der Waals surface area contributed by atoms with E-state index in [1.165, 1.54) is 43.2 Å². The van der Waals surface area contributed by atoms with Crippen molar-refractivity contribution in [2.45, 2.75) is 0 Å². The molecule has 0 atom stereocenters. The van der Waals surface area contributed by atoms with Gasteiger partial charge in [0.15, 0.2) is 0 Å². The molecule has 0 aliphatic rings. The third kappa shape index (κ3) is 4.71. The third-order valence-corrected chi connectivity index (χ3v) is 10.6. The van der Waals surface area contributed by atoms with Gasteiger partial charge in [-0.2, -0.15) is 5.10 Å². The summed E-state index contributed by atoms with van der Waals surface area (Å²) in [6, 6.07) is 63.1. The predicted octanol–water partition coefficient (Wildman–Crippen LogP) is 9.27. The molecule has 0 N–H and O–H groups in total. The van der Waals surface area contributed by atoms with E-state index in [2.05, 4.69) is 181 Å². The van der Waals surface area contributed by atoms with Gasteiger partial charge in [0.25, 0.3) is 0 Å². The molecular formula is C41H29N2P. The molecule has 2 nitrogen and oxygen atoms in total. The Labute approximate surface area is 258 Å². The zero-order chi connectivity index (χ0) is 29.3. The molecule has 44 heavy (non-hydrogen) atoms. The maximum Gasteiger partial charge on any atom is 0.101 e. The maximum absolute atomic E-state index is 5.38. The van der Waals surface area contributed by atoms with E-state index in [9.17, 15) is 0 Å². The lowest BCUT2D eigenvalue weighted by atomic mass is 9.94. The molecule has 0 spiro atoms. The lowest BCUT2D eigenvalue weighted by Gasteiger charge is -2.20. The highest BCUT2D eigenvalue weighted by atomic mass is 31.1. The van der Waals surface area contributed by atoms with Crippen LogP contribution < -0.4 is 15.9 Å². The lowest BCUT2D eigenvalue weighted by molar-refractivity contribution is 0.918. The molecule has 0 fully saturated rings. The molecule has 0 radical (unpaired) electrons. The van der Waals surface area contributed by atoms with Crippen LogP contribution in [0.25, 0.3) is 49.7 Å². The molecular weight excluding hydrogens is 551 g/mol. The molecule has 1 aromatic heterocycles. The maximum atomic E-state index is 5.38. The summed E-state index contributed by atoms with van der Waals surface area (Å²) >= 11 is 0. The van der Waals surface area contributed by atoms with Crippen LogP contribution in [0, 0.1) is 0 Å². The van der Waals surface area contributed by atoms with Crippen molar-refractivity contribution in [1.29, 1.82) is 0 Å². The molecule has 0 saturated carbocycles. The van der Waals surface area contributed by atoms with Crippen molar-refractivity contribution < 1.29 is 0 Å². The van der Waals surface area contributed by atoms with Crippen molar-refractivity contribution in [2.24, 2.45) is 0 Å². The second-order valence-electron chi connectivity index (χ2n) is 10.9. The van der Waals surface area contributed by atoms with Crippen molar-refractivity contribution in [3.05, 3.63) is 176 Å². The quantitative estimate of drug-likeness (QED) is 0.179. The molecule has 3 heteroatoms. The molecule has 8 aromatic rings. The fourth-order valence-electron chi connectivity index (χ4n) is 6.16. The van der Waals surface area contributed by atoms with Gasteiger partial charge in [-0.1, -0.05) is 152 Å². The molecule has 8 rings (SSSR count). The minimum absolute atomic E-state index is 0.757. The Kier molecular flexibility index (Phi) is 6.83. The number of hydrogen-bond donors (Lipinski definition) is 0. The third-order valence-electron chi connectivity index (χ3n) is 8.17. The minimum atomic E-state index is -0.757. The second-order valence-corrected chi connectivity index (χ2v) is 13.1. The molecule has 0 bridgehead atoms. The van der Waals surface area contributed by atoms with Gasteiger partial charge < -0.3 is 0 Å². The Morgan fingerprint density at radius 3 is 1.57 bits per heavy atom. The molecule has 0 unspecified atom stereocenters. The Morgan fingerprint density at radius 2 is 0.977 bits per heavy atom. The molecule has 0 amide bonds. The highest BCUT2D eigenvalue weighted by Gasteiger charge is 2.23. The number of fused-ring (bicyclic) bond motifs is 3. The number of hydrogen-bond acceptors (Lipinski definition) is 1. The van der Waals surface area contributed by atoms with Crippen LogP contribution in [-0.4, -0.2) is 9.78 Å². The number of rotatable bonds is 6. The fraction of sp³-hybridized carbons (Fsp3) is 0. The smallest absolute Gasteiger partial charge is 0.101 e. The van der Waals surface area contributed by atoms with Gasteiger partial charge in [0.1, 0.15) is 5.69 Å². The topological polar surface area (TPSA) is 17.8 Å². The average molecular weight is 581 g/mol. The summed E-state index contributed by atoms with van der Waals surface area (Å²) in [6.07, 6.45) is 0. The van der Waals surface area contributed by atoms with E-state index >= 15 is 0 Å². The number of benzene rings is 7. The minimum Gasteiger partial charge on any atom is -0.232 e. The Morgan fingerprint density at radius 1 is 0.455 bits per heavy atom. The largest absolute Gasteiger partial charge is 0.232 e. The predicted molar refractivity (Wildman–Crippen MR) is 188 cm³/mol. The first-order valence-corrected chi connectivity index (χ1v) is 16.3. The van der Waals surface area contributed by atoms with Gasteiger partial charge in [0.05, 0.1) is 11.2 Å². The second kappa shape index (κ2) is 11.4. The summed E-state index contributed by atoms with van der Waals surface area (Å²) in [5.74, 6) is 0. The van der Waals surface area contributed by atoms with Gasteiger partial charge in [-0.05, 0) is 64.6 Å². The van der Waals surface area contributed by atoms with Crippen molar-refractivity contribution in [3.63, 3.8) is 0 Å². The summed E-state index contributed by atoms with van der Waals surface area (Å²) in [5.41, 5.74) is 6.65. The monoisotopic (exact) mass is 580 g/mol. The van der Waals surface area contributed by atoms with Crippen LogP contribution in [0.1, 0.15) is 0 Å². The van der Waals surface area contributed by atoms with Gasteiger partial charge in [-0.15, -0.1) is 0 Å². The van der Waals surface area contributed by atoms with Crippen molar-refractivity contribution in [1.82, 2.24) is 9.78 Å². The molecule has 0 aliphatic carbocycles. The first-order chi connectivity index (χ1) is 21.8. The van der Waals surface area contributed by atoms with Crippen LogP contribution in [0.2, 0.25) is 0 Å². The first kappa shape index (κ1) is 26.3. The van der Waals surface area contributed by atoms with E-state index in [0.29, 0.717) is 0 Å². The van der Waals surface area contributed by atoms with Gasteiger partial charge >= 0.3 is 0 Å². The standard InChI is InChI=1S/C41H29N2P/c1-6-16-30(17-7-1)37-28-32-26-27-36(44(34-22-12-4-13-23-34)35-24-14-5-15-25-35)29-38(32)41-39(37)40(31-18-8-2-9-19-31)42-43(41)33-20-10-3-11-21-33/h1-29H. The number of aromatic nitrogens is 2. The first-order valence-electron chi connectivity index (χ1n) is 14.9. The zero-order valence-corrected chi connectivity index (χ0v) is 25.0. The van der Waals surface area contributed by atoms with E-state index < -0.39 is 7.92 Å².